The summed E-state index contributed by atoms with van der Waals surface area (Å²) >= 11 is 5.12. The maximum atomic E-state index is 5.12. The van der Waals surface area contributed by atoms with E-state index in [1.165, 1.54) is 0 Å². The molecule has 0 saturated heterocycles. The van der Waals surface area contributed by atoms with E-state index in [0.29, 0.717) is 11.7 Å². The van der Waals surface area contributed by atoms with Gasteiger partial charge in [-0.3, -0.25) is 10.4 Å². The molecule has 2 N–H and O–H groups in total. The molecule has 18 heavy (non-hydrogen) atoms. The van der Waals surface area contributed by atoms with Crippen LogP contribution in [-0.4, -0.2) is 35.6 Å². The number of nitrogens with zero attached hydrogens (tertiary/aromatic N) is 2. The molecule has 1 aromatic heterocycles. The maximum Gasteiger partial charge on any atom is 0.187 e. The first kappa shape index (κ1) is 14.5. The third kappa shape index (κ3) is 5.20. The van der Waals surface area contributed by atoms with E-state index >= 15 is 0 Å². The molecule has 0 aliphatic rings. The lowest BCUT2D eigenvalue weighted by Crippen LogP contribution is -2.40. The number of rotatable bonds is 5. The van der Waals surface area contributed by atoms with Crippen LogP contribution in [0.4, 0.5) is 0 Å². The molecule has 1 atom stereocenters. The van der Waals surface area contributed by atoms with Crippen molar-refractivity contribution in [2.75, 3.05) is 13.7 Å². The van der Waals surface area contributed by atoms with Crippen molar-refractivity contribution in [2.45, 2.75) is 19.9 Å². The molecular weight excluding hydrogens is 248 g/mol. The molecule has 0 unspecified atom stereocenters. The Hall–Kier alpha value is -1.53. The highest BCUT2D eigenvalue weighted by Gasteiger charge is 2.02. The highest BCUT2D eigenvalue weighted by Crippen LogP contribution is 1.97. The summed E-state index contributed by atoms with van der Waals surface area (Å²) in [5.74, 6) is 0. The van der Waals surface area contributed by atoms with Crippen LogP contribution in [0.2, 0.25) is 0 Å². The molecule has 0 bridgehead atoms. The molecule has 1 aromatic rings. The van der Waals surface area contributed by atoms with Gasteiger partial charge in [0.05, 0.1) is 12.3 Å². The van der Waals surface area contributed by atoms with E-state index in [-0.39, 0.29) is 6.04 Å². The Balaban J connectivity index is 2.46. The maximum absolute atomic E-state index is 5.12. The van der Waals surface area contributed by atoms with Crippen molar-refractivity contribution >= 4 is 23.0 Å². The molecule has 5 nitrogen and oxygen atoms in total. The van der Waals surface area contributed by atoms with Gasteiger partial charge in [0.2, 0.25) is 0 Å². The molecule has 0 spiro atoms. The molecule has 6 heteroatoms. The fraction of sp³-hybridized carbons (Fsp3) is 0.417. The predicted octanol–water partition coefficient (Wildman–Crippen LogP) is 1.30. The van der Waals surface area contributed by atoms with Crippen molar-refractivity contribution in [2.24, 2.45) is 5.10 Å². The number of hydrazone groups is 1. The van der Waals surface area contributed by atoms with Crippen LogP contribution < -0.4 is 10.7 Å². The number of thiocarbonyl (C=S) groups is 1. The predicted molar refractivity (Wildman–Crippen MR) is 76.7 cm³/mol. The molecule has 0 radical (unpaired) electrons. The lowest BCUT2D eigenvalue weighted by atomic mass is 10.2. The number of hydrogen-bond donors (Lipinski definition) is 2. The van der Waals surface area contributed by atoms with Gasteiger partial charge in [0.25, 0.3) is 0 Å². The first-order valence-corrected chi connectivity index (χ1v) is 6.04. The van der Waals surface area contributed by atoms with Crippen LogP contribution in [0.3, 0.4) is 0 Å². The minimum Gasteiger partial charge on any atom is -0.383 e. The zero-order valence-corrected chi connectivity index (χ0v) is 11.6. The van der Waals surface area contributed by atoms with E-state index in [4.69, 9.17) is 17.0 Å². The minimum absolute atomic E-state index is 0.145. The number of ether oxygens (including phenoxy) is 1. The third-order valence-electron chi connectivity index (χ3n) is 2.22. The molecule has 0 amide bonds. The van der Waals surface area contributed by atoms with Gasteiger partial charge in [0.1, 0.15) is 0 Å². The average molecular weight is 266 g/mol. The SMILES string of the molecule is COC[C@@H](C)NC(=S)N/N=C(/C)c1ccncc1. The van der Waals surface area contributed by atoms with Crippen LogP contribution in [-0.2, 0) is 4.74 Å². The van der Waals surface area contributed by atoms with Gasteiger partial charge >= 0.3 is 0 Å². The number of hydrogen-bond acceptors (Lipinski definition) is 4. The van der Waals surface area contributed by atoms with Gasteiger partial charge in [-0.1, -0.05) is 0 Å². The summed E-state index contributed by atoms with van der Waals surface area (Å²) in [5.41, 5.74) is 4.66. The first-order valence-electron chi connectivity index (χ1n) is 5.63. The smallest absolute Gasteiger partial charge is 0.187 e. The monoisotopic (exact) mass is 266 g/mol. The number of aromatic nitrogens is 1. The Morgan fingerprint density at radius 3 is 2.78 bits per heavy atom. The summed E-state index contributed by atoms with van der Waals surface area (Å²) in [4.78, 5) is 3.96. The summed E-state index contributed by atoms with van der Waals surface area (Å²) in [5, 5.41) is 7.74. The van der Waals surface area contributed by atoms with E-state index in [1.54, 1.807) is 19.5 Å². The first-order chi connectivity index (χ1) is 8.63. The lowest BCUT2D eigenvalue weighted by Gasteiger charge is -2.14. The summed E-state index contributed by atoms with van der Waals surface area (Å²) in [6.45, 7) is 4.48. The quantitative estimate of drug-likeness (QED) is 0.478. The summed E-state index contributed by atoms with van der Waals surface area (Å²) in [7, 11) is 1.65. The molecule has 0 aliphatic carbocycles. The zero-order chi connectivity index (χ0) is 13.4. The highest BCUT2D eigenvalue weighted by molar-refractivity contribution is 7.80. The van der Waals surface area contributed by atoms with Gasteiger partial charge < -0.3 is 10.1 Å². The molecule has 1 heterocycles. The van der Waals surface area contributed by atoms with Crippen LogP contribution in [0.5, 0.6) is 0 Å². The average Bonchev–Trinajstić information content (AvgIpc) is 2.37. The van der Waals surface area contributed by atoms with Gasteiger partial charge in [-0.05, 0) is 38.2 Å². The van der Waals surface area contributed by atoms with E-state index in [2.05, 4.69) is 20.8 Å². The largest absolute Gasteiger partial charge is 0.383 e. The van der Waals surface area contributed by atoms with Crippen molar-refractivity contribution in [3.05, 3.63) is 30.1 Å². The highest BCUT2D eigenvalue weighted by atomic mass is 32.1. The van der Waals surface area contributed by atoms with Crippen LogP contribution in [0.1, 0.15) is 19.4 Å². The molecule has 1 rings (SSSR count). The van der Waals surface area contributed by atoms with Crippen LogP contribution in [0.25, 0.3) is 0 Å². The summed E-state index contributed by atoms with van der Waals surface area (Å²) in [6.07, 6.45) is 3.46. The molecule has 0 aliphatic heterocycles. The molecule has 0 aromatic carbocycles. The fourth-order valence-corrected chi connectivity index (χ4v) is 1.59. The fourth-order valence-electron chi connectivity index (χ4n) is 1.34. The summed E-state index contributed by atoms with van der Waals surface area (Å²) in [6, 6.07) is 3.93. The lowest BCUT2D eigenvalue weighted by molar-refractivity contribution is 0.179. The number of methoxy groups -OCH3 is 1. The topological polar surface area (TPSA) is 58.5 Å². The Kier molecular flexibility index (Phi) is 6.24. The number of pyridine rings is 1. The van der Waals surface area contributed by atoms with Gasteiger partial charge in [0.15, 0.2) is 5.11 Å². The van der Waals surface area contributed by atoms with Crippen molar-refractivity contribution in [3.8, 4) is 0 Å². The normalized spacial score (nSPS) is 12.9. The van der Waals surface area contributed by atoms with Crippen molar-refractivity contribution in [3.63, 3.8) is 0 Å². The van der Waals surface area contributed by atoms with Crippen LogP contribution in [0.15, 0.2) is 29.6 Å². The van der Waals surface area contributed by atoms with E-state index in [1.807, 2.05) is 26.0 Å². The molecular formula is C12H18N4OS. The minimum atomic E-state index is 0.145. The van der Waals surface area contributed by atoms with Gasteiger partial charge in [-0.2, -0.15) is 5.10 Å². The van der Waals surface area contributed by atoms with Crippen molar-refractivity contribution in [1.82, 2.24) is 15.7 Å². The molecule has 98 valence electrons. The number of nitrogens with one attached hydrogen (secondary N) is 2. The van der Waals surface area contributed by atoms with Gasteiger partial charge in [-0.25, -0.2) is 0 Å². The standard InChI is InChI=1S/C12H18N4OS/c1-9(8-17-3)14-12(18)16-15-10(2)11-4-6-13-7-5-11/h4-7,9H,8H2,1-3H3,(H2,14,16,18)/b15-10-/t9-/m1/s1. The van der Waals surface area contributed by atoms with Crippen LogP contribution in [0, 0.1) is 0 Å². The van der Waals surface area contributed by atoms with Crippen molar-refractivity contribution < 1.29 is 4.74 Å². The Morgan fingerprint density at radius 2 is 2.17 bits per heavy atom. The Morgan fingerprint density at radius 1 is 1.50 bits per heavy atom. The Bertz CT molecular complexity index is 408. The van der Waals surface area contributed by atoms with Crippen molar-refractivity contribution in [1.29, 1.82) is 0 Å². The molecule has 0 fully saturated rings. The Labute approximate surface area is 113 Å². The summed E-state index contributed by atoms with van der Waals surface area (Å²) < 4.78 is 5.01. The van der Waals surface area contributed by atoms with E-state index in [9.17, 15) is 0 Å². The van der Waals surface area contributed by atoms with Gasteiger partial charge in [-0.15, -0.1) is 0 Å². The van der Waals surface area contributed by atoms with Gasteiger partial charge in [0, 0.05) is 31.1 Å². The van der Waals surface area contributed by atoms with E-state index < -0.39 is 0 Å². The second-order valence-corrected chi connectivity index (χ2v) is 4.28. The third-order valence-corrected chi connectivity index (χ3v) is 2.43. The van der Waals surface area contributed by atoms with Crippen LogP contribution >= 0.6 is 12.2 Å². The zero-order valence-electron chi connectivity index (χ0n) is 10.8. The second kappa shape index (κ2) is 7.73. The second-order valence-electron chi connectivity index (χ2n) is 3.87. The molecule has 0 saturated carbocycles. The van der Waals surface area contributed by atoms with E-state index in [0.717, 1.165) is 11.3 Å².